The predicted molar refractivity (Wildman–Crippen MR) is 80.2 cm³/mol. The molecule has 1 fully saturated rings. The molecule has 0 spiro atoms. The molecule has 0 radical (unpaired) electrons. The first kappa shape index (κ1) is 13.1. The molecule has 0 atom stereocenters. The molecule has 2 aromatic rings. The van der Waals surface area contributed by atoms with E-state index >= 15 is 0 Å². The lowest BCUT2D eigenvalue weighted by atomic mass is 10.2. The van der Waals surface area contributed by atoms with Crippen LogP contribution in [0.4, 0.5) is 15.9 Å². The van der Waals surface area contributed by atoms with Crippen molar-refractivity contribution in [3.8, 4) is 0 Å². The van der Waals surface area contributed by atoms with E-state index < -0.39 is 0 Å². The number of rotatable bonds is 2. The second-order valence-corrected chi connectivity index (χ2v) is 5.14. The van der Waals surface area contributed by atoms with Gasteiger partial charge in [0.15, 0.2) is 0 Å². The van der Waals surface area contributed by atoms with Crippen LogP contribution >= 0.6 is 12.2 Å². The molecule has 0 unspecified atom stereocenters. The van der Waals surface area contributed by atoms with E-state index in [9.17, 15) is 4.39 Å². The Labute approximate surface area is 121 Å². The molecule has 1 N–H and O–H groups in total. The number of aromatic amines is 1. The normalized spacial score (nSPS) is 15.4. The Morgan fingerprint density at radius 3 is 2.35 bits per heavy atom. The smallest absolute Gasteiger partial charge is 0.131 e. The van der Waals surface area contributed by atoms with Gasteiger partial charge in [-0.3, -0.25) is 0 Å². The monoisotopic (exact) mass is 290 g/mol. The summed E-state index contributed by atoms with van der Waals surface area (Å²) in [5.41, 5.74) is 1.06. The third-order valence-corrected chi connectivity index (χ3v) is 3.70. The van der Waals surface area contributed by atoms with Gasteiger partial charge < -0.3 is 14.8 Å². The zero-order chi connectivity index (χ0) is 13.9. The molecular formula is C14H15FN4S. The summed E-state index contributed by atoms with van der Waals surface area (Å²) in [6.45, 7) is 3.59. The molecule has 2 heterocycles. The standard InChI is InChI=1S/C14H15FN4S/c15-11-1-3-12(4-2-11)18-5-7-19(8-6-18)13-9-14(20)17-10-16-13/h1-4,9-10H,5-8H2,(H,16,17,20). The summed E-state index contributed by atoms with van der Waals surface area (Å²) in [7, 11) is 0. The number of H-pyrrole nitrogens is 1. The van der Waals surface area contributed by atoms with Crippen LogP contribution in [0.3, 0.4) is 0 Å². The van der Waals surface area contributed by atoms with Crippen molar-refractivity contribution in [2.75, 3.05) is 36.0 Å². The summed E-state index contributed by atoms with van der Waals surface area (Å²) in [6, 6.07) is 8.53. The Kier molecular flexibility index (Phi) is 3.64. The van der Waals surface area contributed by atoms with E-state index in [4.69, 9.17) is 12.2 Å². The van der Waals surface area contributed by atoms with E-state index in [-0.39, 0.29) is 5.82 Å². The van der Waals surface area contributed by atoms with Crippen LogP contribution in [0, 0.1) is 10.5 Å². The number of anilines is 2. The maximum Gasteiger partial charge on any atom is 0.131 e. The molecule has 1 saturated heterocycles. The van der Waals surface area contributed by atoms with Gasteiger partial charge in [0.05, 0.1) is 6.33 Å². The van der Waals surface area contributed by atoms with E-state index in [0.29, 0.717) is 4.64 Å². The van der Waals surface area contributed by atoms with Crippen LogP contribution in [-0.2, 0) is 0 Å². The van der Waals surface area contributed by atoms with E-state index in [1.54, 1.807) is 6.33 Å². The molecule has 1 aliphatic rings. The molecule has 0 bridgehead atoms. The fourth-order valence-corrected chi connectivity index (χ4v) is 2.56. The number of piperazine rings is 1. The zero-order valence-electron chi connectivity index (χ0n) is 10.9. The third kappa shape index (κ3) is 2.80. The average molecular weight is 290 g/mol. The van der Waals surface area contributed by atoms with Crippen molar-refractivity contribution >= 4 is 23.7 Å². The highest BCUT2D eigenvalue weighted by Crippen LogP contribution is 2.19. The molecule has 0 aliphatic carbocycles. The van der Waals surface area contributed by atoms with Crippen molar-refractivity contribution in [2.45, 2.75) is 0 Å². The second kappa shape index (κ2) is 5.58. The summed E-state index contributed by atoms with van der Waals surface area (Å²) in [5.74, 6) is 0.806. The molecule has 3 rings (SSSR count). The SMILES string of the molecule is Fc1ccc(N2CCN(c3cc(=S)nc[nH]3)CC2)cc1. The third-order valence-electron chi connectivity index (χ3n) is 3.48. The molecule has 6 heteroatoms. The van der Waals surface area contributed by atoms with Crippen LogP contribution in [0.25, 0.3) is 0 Å². The van der Waals surface area contributed by atoms with Crippen LogP contribution in [-0.4, -0.2) is 36.1 Å². The molecule has 1 aliphatic heterocycles. The summed E-state index contributed by atoms with van der Waals surface area (Å²) in [4.78, 5) is 11.6. The second-order valence-electron chi connectivity index (χ2n) is 4.72. The van der Waals surface area contributed by atoms with Crippen LogP contribution in [0.1, 0.15) is 0 Å². The van der Waals surface area contributed by atoms with Gasteiger partial charge in [-0.05, 0) is 24.3 Å². The lowest BCUT2D eigenvalue weighted by Gasteiger charge is -2.37. The first-order valence-electron chi connectivity index (χ1n) is 6.52. The Bertz CT molecular complexity index is 632. The molecule has 20 heavy (non-hydrogen) atoms. The minimum atomic E-state index is -0.197. The maximum atomic E-state index is 12.9. The molecule has 0 amide bonds. The number of aromatic nitrogens is 2. The van der Waals surface area contributed by atoms with E-state index in [0.717, 1.165) is 37.7 Å². The molecule has 4 nitrogen and oxygen atoms in total. The Balaban J connectivity index is 1.67. The first-order chi connectivity index (χ1) is 9.72. The van der Waals surface area contributed by atoms with E-state index in [1.165, 1.54) is 12.1 Å². The van der Waals surface area contributed by atoms with Crippen molar-refractivity contribution in [3.05, 3.63) is 47.1 Å². The summed E-state index contributed by atoms with van der Waals surface area (Å²) in [6.07, 6.45) is 1.63. The predicted octanol–water partition coefficient (Wildman–Crippen LogP) is 2.60. The molecule has 1 aromatic carbocycles. The quantitative estimate of drug-likeness (QED) is 0.862. The van der Waals surface area contributed by atoms with Gasteiger partial charge in [-0.15, -0.1) is 0 Å². The van der Waals surface area contributed by atoms with Crippen LogP contribution in [0.5, 0.6) is 0 Å². The van der Waals surface area contributed by atoms with E-state index in [2.05, 4.69) is 19.8 Å². The number of benzene rings is 1. The minimum Gasteiger partial charge on any atom is -0.368 e. The highest BCUT2D eigenvalue weighted by molar-refractivity contribution is 7.71. The van der Waals surface area contributed by atoms with Gasteiger partial charge in [0, 0.05) is 37.9 Å². The fraction of sp³-hybridized carbons (Fsp3) is 0.286. The van der Waals surface area contributed by atoms with Gasteiger partial charge in [-0.25, -0.2) is 9.37 Å². The van der Waals surface area contributed by atoms with E-state index in [1.807, 2.05) is 18.2 Å². The highest BCUT2D eigenvalue weighted by Gasteiger charge is 2.17. The van der Waals surface area contributed by atoms with Crippen molar-refractivity contribution in [1.29, 1.82) is 0 Å². The number of nitrogens with zero attached hydrogens (tertiary/aromatic N) is 3. The van der Waals surface area contributed by atoms with Gasteiger partial charge in [0.25, 0.3) is 0 Å². The Morgan fingerprint density at radius 2 is 1.70 bits per heavy atom. The van der Waals surface area contributed by atoms with Gasteiger partial charge in [-0.2, -0.15) is 0 Å². The van der Waals surface area contributed by atoms with Crippen molar-refractivity contribution in [2.24, 2.45) is 0 Å². The molecular weight excluding hydrogens is 275 g/mol. The lowest BCUT2D eigenvalue weighted by molar-refractivity contribution is 0.624. The van der Waals surface area contributed by atoms with Crippen LogP contribution < -0.4 is 9.80 Å². The topological polar surface area (TPSA) is 35.2 Å². The molecule has 104 valence electrons. The zero-order valence-corrected chi connectivity index (χ0v) is 11.7. The number of hydrogen-bond donors (Lipinski definition) is 1. The van der Waals surface area contributed by atoms with Gasteiger partial charge in [0.2, 0.25) is 0 Å². The van der Waals surface area contributed by atoms with Gasteiger partial charge in [0.1, 0.15) is 16.3 Å². The highest BCUT2D eigenvalue weighted by atomic mass is 32.1. The average Bonchev–Trinajstić information content (AvgIpc) is 2.48. The molecule has 0 saturated carbocycles. The summed E-state index contributed by atoms with van der Waals surface area (Å²) in [5, 5.41) is 0. The van der Waals surface area contributed by atoms with Crippen LogP contribution in [0.2, 0.25) is 0 Å². The summed E-state index contributed by atoms with van der Waals surface area (Å²) >= 11 is 5.08. The largest absolute Gasteiger partial charge is 0.368 e. The van der Waals surface area contributed by atoms with Crippen molar-refractivity contribution < 1.29 is 4.39 Å². The number of nitrogens with one attached hydrogen (secondary N) is 1. The Hall–Kier alpha value is -1.95. The number of halogens is 1. The minimum absolute atomic E-state index is 0.197. The maximum absolute atomic E-state index is 12.9. The first-order valence-corrected chi connectivity index (χ1v) is 6.93. The van der Waals surface area contributed by atoms with Crippen molar-refractivity contribution in [3.63, 3.8) is 0 Å². The van der Waals surface area contributed by atoms with Crippen LogP contribution in [0.15, 0.2) is 36.7 Å². The van der Waals surface area contributed by atoms with Gasteiger partial charge >= 0.3 is 0 Å². The van der Waals surface area contributed by atoms with Crippen molar-refractivity contribution in [1.82, 2.24) is 9.97 Å². The fourth-order valence-electron chi connectivity index (χ4n) is 2.40. The summed E-state index contributed by atoms with van der Waals surface area (Å²) < 4.78 is 13.5. The van der Waals surface area contributed by atoms with Gasteiger partial charge in [-0.1, -0.05) is 12.2 Å². The Morgan fingerprint density at radius 1 is 1.05 bits per heavy atom. The molecule has 1 aromatic heterocycles. The number of hydrogen-bond acceptors (Lipinski definition) is 4. The lowest BCUT2D eigenvalue weighted by Crippen LogP contribution is -2.46.